The van der Waals surface area contributed by atoms with Gasteiger partial charge in [-0.15, -0.1) is 0 Å². The molecule has 14 rings (SSSR count). The van der Waals surface area contributed by atoms with Gasteiger partial charge in [-0.25, -0.2) is 0 Å². The van der Waals surface area contributed by atoms with Gasteiger partial charge in [0.05, 0.1) is 44.0 Å². The molecule has 278 valence electrons. The summed E-state index contributed by atoms with van der Waals surface area (Å²) < 4.78 is 164. The van der Waals surface area contributed by atoms with E-state index >= 15 is 0 Å². The van der Waals surface area contributed by atoms with Gasteiger partial charge in [0.15, 0.2) is 0 Å². The Hall–Kier alpha value is -7.96. The summed E-state index contributed by atoms with van der Waals surface area (Å²) in [6, 6.07) is 19.4. The van der Waals surface area contributed by atoms with Crippen LogP contribution in [-0.4, -0.2) is 15.8 Å². The van der Waals surface area contributed by atoms with E-state index in [0.29, 0.717) is 56.1 Å². The molecule has 0 aliphatic carbocycles. The third-order valence-electron chi connectivity index (χ3n) is 11.7. The minimum absolute atomic E-state index is 0.0559. The molecule has 3 aromatic heterocycles. The molecule has 6 heteroatoms. The van der Waals surface area contributed by atoms with Crippen molar-refractivity contribution in [2.24, 2.45) is 0 Å². The Balaban J connectivity index is 1.03. The fraction of sp³-hybridized carbons (Fsp3) is 0. The van der Waals surface area contributed by atoms with Gasteiger partial charge in [0, 0.05) is 61.3 Å². The van der Waals surface area contributed by atoms with E-state index in [0.717, 1.165) is 16.3 Å². The minimum atomic E-state index is -0.629. The zero-order chi connectivity index (χ0) is 53.0. The van der Waals surface area contributed by atoms with Gasteiger partial charge in [-0.05, 0) is 88.7 Å². The third kappa shape index (κ3) is 4.37. The molecule has 0 saturated heterocycles. The van der Waals surface area contributed by atoms with E-state index in [1.165, 1.54) is 9.13 Å². The van der Waals surface area contributed by atoms with Crippen molar-refractivity contribution in [3.63, 3.8) is 0 Å². The molecule has 0 unspecified atom stereocenters. The van der Waals surface area contributed by atoms with Crippen molar-refractivity contribution in [1.29, 1.82) is 0 Å². The van der Waals surface area contributed by atoms with Crippen molar-refractivity contribution in [1.82, 2.24) is 9.13 Å². The summed E-state index contributed by atoms with van der Waals surface area (Å²) >= 11 is 0. The maximum Gasteiger partial charge on any atom is 0.260 e. The average molecular weight is 783 g/mol. The molecule has 60 heavy (non-hydrogen) atoms. The zero-order valence-corrected chi connectivity index (χ0v) is 30.9. The fourth-order valence-electron chi connectivity index (χ4n) is 9.18. The third-order valence-corrected chi connectivity index (χ3v) is 11.7. The number of furan rings is 1. The molecule has 0 N–H and O–H groups in total. The predicted octanol–water partition coefficient (Wildman–Crippen LogP) is 12.2. The van der Waals surface area contributed by atoms with Crippen LogP contribution in [0, 0.1) is 0 Å². The lowest BCUT2D eigenvalue weighted by Gasteiger charge is -2.34. The average Bonchev–Trinajstić information content (AvgIpc) is 4.17. The topological polar surface area (TPSA) is 41.5 Å². The smallest absolute Gasteiger partial charge is 0.260 e. The first-order valence-corrected chi connectivity index (χ1v) is 19.1. The van der Waals surface area contributed by atoms with E-state index < -0.39 is 103 Å². The lowest BCUT2D eigenvalue weighted by molar-refractivity contribution is 0.465. The van der Waals surface area contributed by atoms with Crippen LogP contribution in [0.25, 0.3) is 88.1 Å². The van der Waals surface area contributed by atoms with Crippen molar-refractivity contribution in [3.05, 3.63) is 188 Å². The van der Waals surface area contributed by atoms with Crippen LogP contribution in [0.1, 0.15) is 21.9 Å². The van der Waals surface area contributed by atoms with Gasteiger partial charge in [-0.3, -0.25) is 0 Å². The quantitative estimate of drug-likeness (QED) is 0.168. The molecular weight excluding hydrogens is 735 g/mol. The molecule has 0 saturated carbocycles. The van der Waals surface area contributed by atoms with Crippen LogP contribution in [0.2, 0.25) is 0 Å². The Kier molecular flexibility index (Phi) is 4.06. The highest BCUT2D eigenvalue weighted by molar-refractivity contribution is 6.98. The van der Waals surface area contributed by atoms with Gasteiger partial charge < -0.3 is 23.0 Å². The summed E-state index contributed by atoms with van der Waals surface area (Å²) in [4.78, 5) is 0. The number of fused-ring (bicyclic) bond motifs is 13. The second kappa shape index (κ2) is 11.8. The molecule has 0 fully saturated rings. The van der Waals surface area contributed by atoms with E-state index in [4.69, 9.17) is 35.8 Å². The number of hydrogen-bond donors (Lipinski definition) is 0. The van der Waals surface area contributed by atoms with Crippen molar-refractivity contribution in [2.45, 2.75) is 0 Å². The molecular formula is C54H31BN2O3. The minimum Gasteiger partial charge on any atom is -0.458 e. The van der Waals surface area contributed by atoms with E-state index in [1.54, 1.807) is 36.4 Å². The molecule has 2 aliphatic rings. The Labute approximate surface area is 366 Å². The van der Waals surface area contributed by atoms with Gasteiger partial charge in [0.1, 0.15) is 34.2 Å². The van der Waals surface area contributed by atoms with E-state index in [2.05, 4.69) is 0 Å². The first kappa shape index (κ1) is 20.6. The van der Waals surface area contributed by atoms with Gasteiger partial charge in [-0.2, -0.15) is 0 Å². The highest BCUT2D eigenvalue weighted by Gasteiger charge is 2.41. The maximum atomic E-state index is 9.13. The number of ether oxygens (including phenoxy) is 2. The summed E-state index contributed by atoms with van der Waals surface area (Å²) in [5.74, 6) is 1.40. The van der Waals surface area contributed by atoms with Gasteiger partial charge in [0.25, 0.3) is 6.71 Å². The van der Waals surface area contributed by atoms with Gasteiger partial charge >= 0.3 is 0 Å². The van der Waals surface area contributed by atoms with Crippen molar-refractivity contribution >= 4 is 88.7 Å². The second-order valence-electron chi connectivity index (χ2n) is 14.8. The molecule has 2 aliphatic heterocycles. The molecule has 0 spiro atoms. The standard InChI is InChI=1S/C54H31BN2O3/c1-6-16-44-36(11-1)37-12-2-7-17-45(37)56(44)34-22-24-42-50(30-34)59-52-28-33(32-21-26-49-41(27-32)40-15-5-10-20-48(40)58-49)29-53-54(52)55(42)43-25-23-35(31-51(43)60-53)57-46-18-8-3-13-38(46)39-14-4-9-19-47(39)57/h1-31H/i1D,2D,3D,4D,6D,7D,8D,9D,11D,12D,13D,14D,16D,17D,18D,19D. The lowest BCUT2D eigenvalue weighted by atomic mass is 9.35. The maximum absolute atomic E-state index is 9.13. The van der Waals surface area contributed by atoms with E-state index in [9.17, 15) is 0 Å². The summed E-state index contributed by atoms with van der Waals surface area (Å²) in [5.41, 5.74) is 5.08. The Morgan fingerprint density at radius 2 is 0.883 bits per heavy atom. The Bertz CT molecular complexity index is 4370. The molecule has 0 bridgehead atoms. The van der Waals surface area contributed by atoms with E-state index in [-0.39, 0.29) is 55.0 Å². The van der Waals surface area contributed by atoms with Crippen LogP contribution < -0.4 is 25.9 Å². The number of rotatable bonds is 3. The molecule has 0 amide bonds. The molecule has 0 radical (unpaired) electrons. The van der Waals surface area contributed by atoms with Crippen LogP contribution in [0.15, 0.2) is 192 Å². The first-order valence-electron chi connectivity index (χ1n) is 27.1. The van der Waals surface area contributed by atoms with Crippen LogP contribution in [0.5, 0.6) is 23.0 Å². The van der Waals surface area contributed by atoms with Crippen molar-refractivity contribution in [3.8, 4) is 45.5 Å². The highest BCUT2D eigenvalue weighted by Crippen LogP contribution is 2.42. The largest absolute Gasteiger partial charge is 0.458 e. The summed E-state index contributed by atoms with van der Waals surface area (Å²) in [6.45, 7) is -0.629. The second-order valence-corrected chi connectivity index (χ2v) is 14.8. The number of nitrogens with zero attached hydrogens (tertiary/aromatic N) is 2. The molecule has 9 aromatic carbocycles. The molecule has 0 atom stereocenters. The van der Waals surface area contributed by atoms with Crippen molar-refractivity contribution in [2.75, 3.05) is 0 Å². The van der Waals surface area contributed by atoms with Crippen molar-refractivity contribution < 1.29 is 35.8 Å². The van der Waals surface area contributed by atoms with Crippen LogP contribution in [0.4, 0.5) is 0 Å². The summed E-state index contributed by atoms with van der Waals surface area (Å²) in [6.07, 6.45) is 0. The molecule has 12 aromatic rings. The van der Waals surface area contributed by atoms with Gasteiger partial charge in [-0.1, -0.05) is 109 Å². The van der Waals surface area contributed by atoms with Crippen LogP contribution in [0.3, 0.4) is 0 Å². The summed E-state index contributed by atoms with van der Waals surface area (Å²) in [5, 5.41) is 1.49. The predicted molar refractivity (Wildman–Crippen MR) is 246 cm³/mol. The monoisotopic (exact) mass is 782 g/mol. The zero-order valence-electron chi connectivity index (χ0n) is 46.9. The number of benzene rings is 9. The van der Waals surface area contributed by atoms with Crippen LogP contribution in [-0.2, 0) is 0 Å². The number of para-hydroxylation sites is 5. The normalized spacial score (nSPS) is 16.6. The SMILES string of the molecule is [2H]c1c([2H])c([2H])c2c(c1[2H])c1c([2H])c([2H])c([2H])c([2H])c1n2-c1ccc2c(c1)Oc1cc(-c3ccc4oc5ccccc5c4c3)cc3c1B2c1ccc(-n2c4c([2H])c([2H])c([2H])c([2H])c4c4c([2H])c([2H])c([2H])c([2H])c42)cc1O3. The molecule has 5 nitrogen and oxygen atoms in total. The summed E-state index contributed by atoms with van der Waals surface area (Å²) in [7, 11) is 0. The lowest BCUT2D eigenvalue weighted by Crippen LogP contribution is -2.57. The number of aromatic nitrogens is 2. The first-order chi connectivity index (χ1) is 36.4. The highest BCUT2D eigenvalue weighted by atomic mass is 16.5. The van der Waals surface area contributed by atoms with Crippen LogP contribution >= 0.6 is 0 Å². The molecule has 5 heterocycles. The van der Waals surface area contributed by atoms with E-state index in [1.807, 2.05) is 54.6 Å². The Morgan fingerprint density at radius 3 is 1.42 bits per heavy atom. The van der Waals surface area contributed by atoms with Gasteiger partial charge in [0.2, 0.25) is 0 Å². The Morgan fingerprint density at radius 1 is 0.400 bits per heavy atom. The number of hydrogen-bond acceptors (Lipinski definition) is 3. The fourth-order valence-corrected chi connectivity index (χ4v) is 9.18.